The minimum Gasteiger partial charge on any atom is -0.492 e. The van der Waals surface area contributed by atoms with Gasteiger partial charge < -0.3 is 29.0 Å². The Bertz CT molecular complexity index is 1050. The van der Waals surface area contributed by atoms with Gasteiger partial charge in [-0.05, 0) is 36.8 Å². The summed E-state index contributed by atoms with van der Waals surface area (Å²) < 4.78 is 74.8. The van der Waals surface area contributed by atoms with E-state index in [9.17, 15) is 32.3 Å². The molecule has 0 aliphatic rings. The predicted octanol–water partition coefficient (Wildman–Crippen LogP) is 5.08. The van der Waals surface area contributed by atoms with E-state index in [0.717, 1.165) is 17.7 Å². The smallest absolute Gasteiger partial charge is 0.410 e. The van der Waals surface area contributed by atoms with E-state index in [0.29, 0.717) is 11.8 Å². The zero-order chi connectivity index (χ0) is 28.8. The quantitative estimate of drug-likeness (QED) is 0.214. The Hall–Kier alpha value is -3.38. The predicted molar refractivity (Wildman–Crippen MR) is 133 cm³/mol. The lowest BCUT2D eigenvalue weighted by atomic mass is 10.1. The molecule has 0 aliphatic heterocycles. The van der Waals surface area contributed by atoms with Crippen molar-refractivity contribution in [3.8, 4) is 5.75 Å². The lowest BCUT2D eigenvalue weighted by Gasteiger charge is -2.23. The molecule has 0 fully saturated rings. The summed E-state index contributed by atoms with van der Waals surface area (Å²) in [7, 11) is 0. The van der Waals surface area contributed by atoms with Crippen LogP contribution >= 0.6 is 0 Å². The van der Waals surface area contributed by atoms with Crippen LogP contribution in [-0.4, -0.2) is 73.6 Å². The second kappa shape index (κ2) is 15.9. The average molecular weight is 560 g/mol. The minimum atomic E-state index is -2.99. The molecule has 0 aliphatic carbocycles. The van der Waals surface area contributed by atoms with Crippen molar-refractivity contribution >= 4 is 12.1 Å². The summed E-state index contributed by atoms with van der Waals surface area (Å²) in [5, 5.41) is 9.22. The van der Waals surface area contributed by atoms with Gasteiger partial charge in [-0.3, -0.25) is 0 Å². The first kappa shape index (κ1) is 31.8. The summed E-state index contributed by atoms with van der Waals surface area (Å²) in [6, 6.07) is 9.50. The van der Waals surface area contributed by atoms with Crippen molar-refractivity contribution in [2.45, 2.75) is 45.3 Å². The second-order valence-corrected chi connectivity index (χ2v) is 8.52. The van der Waals surface area contributed by atoms with E-state index in [1.807, 2.05) is 0 Å². The molecule has 0 heterocycles. The number of hydrogen-bond acceptors (Lipinski definition) is 6. The Balaban J connectivity index is 1.93. The number of amides is 1. The normalized spacial score (nSPS) is 12.2. The van der Waals surface area contributed by atoms with Gasteiger partial charge in [0, 0.05) is 37.6 Å². The van der Waals surface area contributed by atoms with Crippen LogP contribution in [0.2, 0.25) is 0 Å². The molecule has 2 aromatic rings. The number of rotatable bonds is 17. The van der Waals surface area contributed by atoms with Crippen molar-refractivity contribution in [2.75, 3.05) is 39.5 Å². The van der Waals surface area contributed by atoms with E-state index in [-0.39, 0.29) is 44.9 Å². The molecule has 39 heavy (non-hydrogen) atoms. The first-order valence-corrected chi connectivity index (χ1v) is 12.4. The van der Waals surface area contributed by atoms with Gasteiger partial charge in [0.15, 0.2) is 6.10 Å². The standard InChI is InChI=1S/C27H33F4NO7/c1-3-27(30,31)18-36-13-11-32(26(35)39-17-20-7-8-21(28)16-23(20)29)12-14-38-22-9-5-19(6-10-22)15-24(25(33)34)37-4-2/h5-10,16,24H,3-4,11-15,17-18H2,1-2H3,(H,33,34). The van der Waals surface area contributed by atoms with Gasteiger partial charge in [0.05, 0.1) is 13.2 Å². The SMILES string of the molecule is CCOC(Cc1ccc(OCCN(CCOCC(F)(F)CC)C(=O)OCc2ccc(F)cc2F)cc1)C(=O)O. The van der Waals surface area contributed by atoms with Crippen LogP contribution in [-0.2, 0) is 32.0 Å². The number of carbonyl (C=O) groups is 2. The zero-order valence-electron chi connectivity index (χ0n) is 21.8. The summed E-state index contributed by atoms with van der Waals surface area (Å²) in [6.07, 6.45) is -2.05. The number of ether oxygens (including phenoxy) is 4. The van der Waals surface area contributed by atoms with E-state index in [1.165, 1.54) is 11.8 Å². The van der Waals surface area contributed by atoms with E-state index < -0.39 is 55.4 Å². The van der Waals surface area contributed by atoms with Crippen LogP contribution in [0.4, 0.5) is 22.4 Å². The van der Waals surface area contributed by atoms with Crippen LogP contribution < -0.4 is 4.74 Å². The molecule has 0 bridgehead atoms. The summed E-state index contributed by atoms with van der Waals surface area (Å²) >= 11 is 0. The molecule has 1 N–H and O–H groups in total. The Kier molecular flexibility index (Phi) is 13.0. The Morgan fingerprint density at radius 1 is 1.03 bits per heavy atom. The number of carboxylic acid groups (broad SMARTS) is 1. The minimum absolute atomic E-state index is 0.00116. The highest BCUT2D eigenvalue weighted by Crippen LogP contribution is 2.18. The molecule has 0 aromatic heterocycles. The third-order valence-electron chi connectivity index (χ3n) is 5.58. The molecule has 1 amide bonds. The maximum atomic E-state index is 13.9. The molecular weight excluding hydrogens is 526 g/mol. The first-order valence-electron chi connectivity index (χ1n) is 12.4. The number of halogens is 4. The largest absolute Gasteiger partial charge is 0.492 e. The number of hydrogen-bond donors (Lipinski definition) is 1. The highest BCUT2D eigenvalue weighted by molar-refractivity contribution is 5.72. The van der Waals surface area contributed by atoms with Crippen LogP contribution in [0, 0.1) is 11.6 Å². The van der Waals surface area contributed by atoms with Gasteiger partial charge in [0.25, 0.3) is 5.92 Å². The van der Waals surface area contributed by atoms with Gasteiger partial charge in [-0.2, -0.15) is 0 Å². The molecule has 8 nitrogen and oxygen atoms in total. The summed E-state index contributed by atoms with van der Waals surface area (Å²) in [5.74, 6) is -5.25. The molecule has 1 unspecified atom stereocenters. The lowest BCUT2D eigenvalue weighted by molar-refractivity contribution is -0.149. The van der Waals surface area contributed by atoms with Gasteiger partial charge >= 0.3 is 12.1 Å². The van der Waals surface area contributed by atoms with Crippen molar-refractivity contribution < 1.29 is 51.2 Å². The maximum absolute atomic E-state index is 13.9. The number of nitrogens with zero attached hydrogens (tertiary/aromatic N) is 1. The number of carbonyl (C=O) groups excluding carboxylic acids is 1. The summed E-state index contributed by atoms with van der Waals surface area (Å²) in [4.78, 5) is 25.1. The van der Waals surface area contributed by atoms with Crippen molar-refractivity contribution in [1.29, 1.82) is 0 Å². The summed E-state index contributed by atoms with van der Waals surface area (Å²) in [5.41, 5.74) is 0.691. The first-order chi connectivity index (χ1) is 18.5. The van der Waals surface area contributed by atoms with Gasteiger partial charge in [0.1, 0.15) is 37.2 Å². The third-order valence-corrected chi connectivity index (χ3v) is 5.58. The summed E-state index contributed by atoms with van der Waals surface area (Å²) in [6.45, 7) is 1.73. The maximum Gasteiger partial charge on any atom is 0.410 e. The average Bonchev–Trinajstić information content (AvgIpc) is 2.90. The van der Waals surface area contributed by atoms with Crippen LogP contribution in [0.3, 0.4) is 0 Å². The molecule has 1 atom stereocenters. The van der Waals surface area contributed by atoms with E-state index in [2.05, 4.69) is 0 Å². The molecular formula is C27H33F4NO7. The van der Waals surface area contributed by atoms with E-state index in [4.69, 9.17) is 18.9 Å². The van der Waals surface area contributed by atoms with Gasteiger partial charge in [-0.15, -0.1) is 0 Å². The van der Waals surface area contributed by atoms with Crippen LogP contribution in [0.25, 0.3) is 0 Å². The Labute approximate surface area is 224 Å². The molecule has 0 radical (unpaired) electrons. The molecule has 0 saturated carbocycles. The zero-order valence-corrected chi connectivity index (χ0v) is 21.8. The van der Waals surface area contributed by atoms with Crippen LogP contribution in [0.1, 0.15) is 31.4 Å². The Morgan fingerprint density at radius 3 is 2.33 bits per heavy atom. The highest BCUT2D eigenvalue weighted by Gasteiger charge is 2.26. The molecule has 216 valence electrons. The monoisotopic (exact) mass is 559 g/mol. The number of benzene rings is 2. The number of carboxylic acids is 1. The topological polar surface area (TPSA) is 94.5 Å². The highest BCUT2D eigenvalue weighted by atomic mass is 19.3. The van der Waals surface area contributed by atoms with Crippen LogP contribution in [0.5, 0.6) is 5.75 Å². The van der Waals surface area contributed by atoms with Crippen molar-refractivity contribution in [1.82, 2.24) is 4.90 Å². The lowest BCUT2D eigenvalue weighted by Crippen LogP contribution is -2.38. The number of alkyl halides is 2. The van der Waals surface area contributed by atoms with Gasteiger partial charge in [0.2, 0.25) is 0 Å². The van der Waals surface area contributed by atoms with Crippen molar-refractivity contribution in [3.05, 3.63) is 65.2 Å². The fraction of sp³-hybridized carbons (Fsp3) is 0.481. The van der Waals surface area contributed by atoms with Gasteiger partial charge in [-0.1, -0.05) is 19.1 Å². The molecule has 2 aromatic carbocycles. The van der Waals surface area contributed by atoms with Crippen LogP contribution in [0.15, 0.2) is 42.5 Å². The molecule has 0 saturated heterocycles. The molecule has 2 rings (SSSR count). The van der Waals surface area contributed by atoms with E-state index in [1.54, 1.807) is 31.2 Å². The Morgan fingerprint density at radius 2 is 1.72 bits per heavy atom. The van der Waals surface area contributed by atoms with Crippen molar-refractivity contribution in [2.24, 2.45) is 0 Å². The number of aliphatic carboxylic acids is 1. The fourth-order valence-electron chi connectivity index (χ4n) is 3.29. The molecule has 0 spiro atoms. The second-order valence-electron chi connectivity index (χ2n) is 8.52. The fourth-order valence-corrected chi connectivity index (χ4v) is 3.29. The van der Waals surface area contributed by atoms with E-state index >= 15 is 0 Å². The van der Waals surface area contributed by atoms with Gasteiger partial charge in [-0.25, -0.2) is 27.2 Å². The molecule has 12 heteroatoms. The third kappa shape index (κ3) is 11.5. The van der Waals surface area contributed by atoms with Crippen molar-refractivity contribution in [3.63, 3.8) is 0 Å².